The third-order valence-corrected chi connectivity index (χ3v) is 5.88. The van der Waals surface area contributed by atoms with Crippen molar-refractivity contribution in [2.75, 3.05) is 16.7 Å². The lowest BCUT2D eigenvalue weighted by atomic mass is 10.1. The lowest BCUT2D eigenvalue weighted by Gasteiger charge is -2.23. The Kier molecular flexibility index (Phi) is 5.98. The van der Waals surface area contributed by atoms with Gasteiger partial charge in [0, 0.05) is 13.1 Å². The average Bonchev–Trinajstić information content (AvgIpc) is 2.45. The van der Waals surface area contributed by atoms with Crippen molar-refractivity contribution in [3.8, 4) is 0 Å². The van der Waals surface area contributed by atoms with Crippen LogP contribution in [0, 0.1) is 5.92 Å². The minimum atomic E-state index is -3.58. The second-order valence-electron chi connectivity index (χ2n) is 6.14. The van der Waals surface area contributed by atoms with Gasteiger partial charge in [0.15, 0.2) is 0 Å². The van der Waals surface area contributed by atoms with Crippen LogP contribution >= 0.6 is 0 Å². The fourth-order valence-corrected chi connectivity index (χ4v) is 2.71. The second-order valence-corrected chi connectivity index (χ2v) is 8.66. The fourth-order valence-electron chi connectivity index (χ4n) is 1.72. The number of pyridine rings is 1. The normalized spacial score (nSPS) is 13.2. The summed E-state index contributed by atoms with van der Waals surface area (Å²) in [7, 11) is -2.21. The van der Waals surface area contributed by atoms with Crippen LogP contribution < -0.4 is 9.62 Å². The van der Waals surface area contributed by atoms with Crippen molar-refractivity contribution in [3.63, 3.8) is 0 Å². The van der Waals surface area contributed by atoms with Crippen molar-refractivity contribution in [3.05, 3.63) is 17.7 Å². The second kappa shape index (κ2) is 7.16. The van der Waals surface area contributed by atoms with Crippen molar-refractivity contribution in [1.29, 1.82) is 0 Å². The molecule has 0 saturated heterocycles. The highest BCUT2D eigenvalue weighted by Gasteiger charge is 2.25. The molecule has 130 valence electrons. The molecule has 7 nitrogen and oxygen atoms in total. The maximum Gasteiger partial charge on any atom is 0.335 e. The van der Waals surface area contributed by atoms with Crippen molar-refractivity contribution in [2.45, 2.75) is 45.9 Å². The summed E-state index contributed by atoms with van der Waals surface area (Å²) in [6, 6.07) is 2.72. The number of sulfonamides is 1. The summed E-state index contributed by atoms with van der Waals surface area (Å²) in [6.45, 7) is 9.12. The molecular weight excluding hydrogens is 318 g/mol. The van der Waals surface area contributed by atoms with E-state index in [0.29, 0.717) is 11.7 Å². The lowest BCUT2D eigenvalue weighted by Crippen LogP contribution is -2.34. The summed E-state index contributed by atoms with van der Waals surface area (Å²) in [6.07, 6.45) is 0. The standard InChI is InChI=1S/C15H25N3O4S/c1-9(2)11(5)16-13-7-12(15(19)20)8-14(17-13)18(6)23(21,22)10(3)4/h7-11H,1-6H3,(H,16,17)(H,19,20). The third-order valence-electron chi connectivity index (χ3n) is 3.73. The van der Waals surface area contributed by atoms with Gasteiger partial charge in [0.25, 0.3) is 0 Å². The number of aromatic carboxylic acids is 1. The molecule has 0 spiro atoms. The first-order valence-electron chi connectivity index (χ1n) is 7.46. The first-order valence-corrected chi connectivity index (χ1v) is 8.96. The van der Waals surface area contributed by atoms with Gasteiger partial charge in [-0.25, -0.2) is 18.2 Å². The number of carbonyl (C=O) groups is 1. The Balaban J connectivity index is 3.32. The number of hydrogen-bond donors (Lipinski definition) is 2. The van der Waals surface area contributed by atoms with Gasteiger partial charge in [0.05, 0.1) is 10.8 Å². The fraction of sp³-hybridized carbons (Fsp3) is 0.600. The van der Waals surface area contributed by atoms with E-state index in [1.54, 1.807) is 13.8 Å². The largest absolute Gasteiger partial charge is 0.478 e. The summed E-state index contributed by atoms with van der Waals surface area (Å²) < 4.78 is 25.6. The molecule has 1 rings (SSSR count). The van der Waals surface area contributed by atoms with E-state index in [-0.39, 0.29) is 17.4 Å². The van der Waals surface area contributed by atoms with E-state index >= 15 is 0 Å². The molecule has 1 unspecified atom stereocenters. The Morgan fingerprint density at radius 1 is 1.22 bits per heavy atom. The molecule has 0 aliphatic heterocycles. The smallest absolute Gasteiger partial charge is 0.335 e. The van der Waals surface area contributed by atoms with E-state index in [9.17, 15) is 18.3 Å². The zero-order chi connectivity index (χ0) is 17.9. The number of rotatable bonds is 7. The number of nitrogens with zero attached hydrogens (tertiary/aromatic N) is 2. The van der Waals surface area contributed by atoms with Crippen LogP contribution in [0.4, 0.5) is 11.6 Å². The number of carboxylic acids is 1. The van der Waals surface area contributed by atoms with Crippen molar-refractivity contribution >= 4 is 27.6 Å². The van der Waals surface area contributed by atoms with Crippen LogP contribution in [0.15, 0.2) is 12.1 Å². The van der Waals surface area contributed by atoms with Crippen LogP contribution in [0.1, 0.15) is 45.0 Å². The summed E-state index contributed by atoms with van der Waals surface area (Å²) in [5.41, 5.74) is -0.0146. The molecule has 8 heteroatoms. The summed E-state index contributed by atoms with van der Waals surface area (Å²) in [4.78, 5) is 15.6. The summed E-state index contributed by atoms with van der Waals surface area (Å²) in [5, 5.41) is 11.7. The van der Waals surface area contributed by atoms with E-state index < -0.39 is 21.2 Å². The Morgan fingerprint density at radius 3 is 2.22 bits per heavy atom. The molecule has 0 fully saturated rings. The van der Waals surface area contributed by atoms with Crippen LogP contribution in [-0.2, 0) is 10.0 Å². The van der Waals surface area contributed by atoms with Crippen LogP contribution in [0.3, 0.4) is 0 Å². The number of nitrogens with one attached hydrogen (secondary N) is 1. The number of aromatic nitrogens is 1. The van der Waals surface area contributed by atoms with Gasteiger partial charge in [0.1, 0.15) is 11.6 Å². The van der Waals surface area contributed by atoms with Gasteiger partial charge in [-0.1, -0.05) is 13.8 Å². The molecule has 0 radical (unpaired) electrons. The van der Waals surface area contributed by atoms with E-state index in [2.05, 4.69) is 10.3 Å². The Morgan fingerprint density at radius 2 is 1.78 bits per heavy atom. The van der Waals surface area contributed by atoms with Gasteiger partial charge in [0.2, 0.25) is 10.0 Å². The van der Waals surface area contributed by atoms with Crippen LogP contribution in [0.25, 0.3) is 0 Å². The molecule has 23 heavy (non-hydrogen) atoms. The van der Waals surface area contributed by atoms with Crippen molar-refractivity contribution < 1.29 is 18.3 Å². The highest BCUT2D eigenvalue weighted by Crippen LogP contribution is 2.22. The SMILES string of the molecule is CC(C)C(C)Nc1cc(C(=O)O)cc(N(C)S(=O)(=O)C(C)C)n1. The third kappa shape index (κ3) is 4.57. The first-order chi connectivity index (χ1) is 10.5. The van der Waals surface area contributed by atoms with E-state index in [4.69, 9.17) is 0 Å². The van der Waals surface area contributed by atoms with Crippen molar-refractivity contribution in [2.24, 2.45) is 5.92 Å². The lowest BCUT2D eigenvalue weighted by molar-refractivity contribution is 0.0697. The molecule has 0 aromatic carbocycles. The summed E-state index contributed by atoms with van der Waals surface area (Å²) >= 11 is 0. The van der Waals surface area contributed by atoms with Crippen LogP contribution in [0.5, 0.6) is 0 Å². The van der Waals surface area contributed by atoms with Crippen LogP contribution in [-0.4, -0.2) is 42.8 Å². The Hall–Kier alpha value is -1.83. The zero-order valence-electron chi connectivity index (χ0n) is 14.4. The van der Waals surface area contributed by atoms with Crippen molar-refractivity contribution in [1.82, 2.24) is 4.98 Å². The molecule has 1 aromatic heterocycles. The maximum atomic E-state index is 12.3. The highest BCUT2D eigenvalue weighted by molar-refractivity contribution is 7.93. The van der Waals surface area contributed by atoms with Crippen LogP contribution in [0.2, 0.25) is 0 Å². The average molecular weight is 343 g/mol. The molecule has 0 bridgehead atoms. The minimum Gasteiger partial charge on any atom is -0.478 e. The van der Waals surface area contributed by atoms with Gasteiger partial charge in [-0.2, -0.15) is 0 Å². The molecule has 1 atom stereocenters. The molecular formula is C15H25N3O4S. The highest BCUT2D eigenvalue weighted by atomic mass is 32.2. The van der Waals surface area contributed by atoms with Gasteiger partial charge in [-0.15, -0.1) is 0 Å². The molecule has 1 aromatic rings. The van der Waals surface area contributed by atoms with E-state index in [1.807, 2.05) is 20.8 Å². The van der Waals surface area contributed by atoms with Gasteiger partial charge < -0.3 is 10.4 Å². The first kappa shape index (κ1) is 19.2. The Labute approximate surface area is 137 Å². The number of hydrogen-bond acceptors (Lipinski definition) is 5. The minimum absolute atomic E-state index is 0.0146. The monoisotopic (exact) mass is 343 g/mol. The summed E-state index contributed by atoms with van der Waals surface area (Å²) in [5.74, 6) is -0.404. The Bertz CT molecular complexity index is 671. The van der Waals surface area contributed by atoms with E-state index in [0.717, 1.165) is 4.31 Å². The number of anilines is 2. The molecule has 2 N–H and O–H groups in total. The molecule has 0 aliphatic rings. The zero-order valence-corrected chi connectivity index (χ0v) is 15.2. The molecule has 0 amide bonds. The maximum absolute atomic E-state index is 12.3. The van der Waals surface area contributed by atoms with E-state index in [1.165, 1.54) is 19.2 Å². The predicted molar refractivity (Wildman–Crippen MR) is 91.6 cm³/mol. The van der Waals surface area contributed by atoms with Gasteiger partial charge >= 0.3 is 5.97 Å². The molecule has 0 aliphatic carbocycles. The van der Waals surface area contributed by atoms with Gasteiger partial charge in [-0.3, -0.25) is 4.31 Å². The topological polar surface area (TPSA) is 99.6 Å². The van der Waals surface area contributed by atoms with Gasteiger partial charge in [-0.05, 0) is 38.8 Å². The predicted octanol–water partition coefficient (Wildman–Crippen LogP) is 2.41. The molecule has 0 saturated carbocycles. The quantitative estimate of drug-likeness (QED) is 0.788. The number of carboxylic acid groups (broad SMARTS) is 1. The molecule has 1 heterocycles.